The zero-order valence-corrected chi connectivity index (χ0v) is 17.7. The number of hydrogen-bond donors (Lipinski definition) is 1. The monoisotopic (exact) mass is 396 g/mol. The summed E-state index contributed by atoms with van der Waals surface area (Å²) < 4.78 is 10.6. The molecule has 5 nitrogen and oxygen atoms in total. The molecule has 0 radical (unpaired) electrons. The molecule has 1 heterocycles. The van der Waals surface area contributed by atoms with Crippen molar-refractivity contribution in [1.82, 2.24) is 10.2 Å². The SMILES string of the molecule is COc1ccc(CC(=O)NCc2ccccc2CN2CCC[C@H](C)C2)cc1OC. The van der Waals surface area contributed by atoms with E-state index >= 15 is 0 Å². The molecule has 0 aliphatic carbocycles. The number of ether oxygens (including phenoxy) is 2. The topological polar surface area (TPSA) is 50.8 Å². The van der Waals surface area contributed by atoms with Crippen LogP contribution < -0.4 is 14.8 Å². The highest BCUT2D eigenvalue weighted by Gasteiger charge is 2.17. The Morgan fingerprint density at radius 1 is 1.10 bits per heavy atom. The number of carbonyl (C=O) groups is 1. The Hall–Kier alpha value is -2.53. The van der Waals surface area contributed by atoms with Crippen LogP contribution in [0, 0.1) is 5.92 Å². The van der Waals surface area contributed by atoms with Crippen molar-refractivity contribution in [2.45, 2.75) is 39.3 Å². The number of carbonyl (C=O) groups excluding carboxylic acids is 1. The fraction of sp³-hybridized carbons (Fsp3) is 0.458. The quantitative estimate of drug-likeness (QED) is 0.738. The van der Waals surface area contributed by atoms with E-state index in [1.165, 1.54) is 24.0 Å². The molecule has 2 aromatic carbocycles. The summed E-state index contributed by atoms with van der Waals surface area (Å²) in [7, 11) is 3.20. The van der Waals surface area contributed by atoms with Crippen molar-refractivity contribution in [2.24, 2.45) is 5.92 Å². The summed E-state index contributed by atoms with van der Waals surface area (Å²) in [6.07, 6.45) is 2.90. The number of nitrogens with one attached hydrogen (secondary N) is 1. The molecule has 0 unspecified atom stereocenters. The molecule has 1 atom stereocenters. The van der Waals surface area contributed by atoms with Gasteiger partial charge in [0.25, 0.3) is 0 Å². The first kappa shape index (κ1) is 21.2. The number of likely N-dealkylation sites (tertiary alicyclic amines) is 1. The maximum Gasteiger partial charge on any atom is 0.224 e. The van der Waals surface area contributed by atoms with Gasteiger partial charge in [0, 0.05) is 19.6 Å². The predicted octanol–water partition coefficient (Wildman–Crippen LogP) is 3.79. The highest BCUT2D eigenvalue weighted by molar-refractivity contribution is 5.78. The summed E-state index contributed by atoms with van der Waals surface area (Å²) >= 11 is 0. The Kier molecular flexibility index (Phi) is 7.53. The molecular formula is C24H32N2O3. The minimum absolute atomic E-state index is 0.00128. The summed E-state index contributed by atoms with van der Waals surface area (Å²) in [5.74, 6) is 2.06. The minimum Gasteiger partial charge on any atom is -0.493 e. The molecule has 0 aromatic heterocycles. The van der Waals surface area contributed by atoms with Crippen LogP contribution in [0.2, 0.25) is 0 Å². The van der Waals surface area contributed by atoms with Gasteiger partial charge in [-0.2, -0.15) is 0 Å². The Bertz CT molecular complexity index is 822. The van der Waals surface area contributed by atoms with Crippen LogP contribution in [0.1, 0.15) is 36.5 Å². The van der Waals surface area contributed by atoms with Gasteiger partial charge in [-0.3, -0.25) is 9.69 Å². The molecule has 1 N–H and O–H groups in total. The van der Waals surface area contributed by atoms with Crippen LogP contribution in [-0.2, 0) is 24.3 Å². The van der Waals surface area contributed by atoms with Crippen LogP contribution in [-0.4, -0.2) is 38.1 Å². The fourth-order valence-electron chi connectivity index (χ4n) is 3.99. The van der Waals surface area contributed by atoms with Crippen LogP contribution in [0.5, 0.6) is 11.5 Å². The minimum atomic E-state index is -0.00128. The van der Waals surface area contributed by atoms with E-state index in [9.17, 15) is 4.79 Å². The maximum absolute atomic E-state index is 12.5. The van der Waals surface area contributed by atoms with Crippen molar-refractivity contribution in [1.29, 1.82) is 0 Å². The van der Waals surface area contributed by atoms with Gasteiger partial charge in [0.15, 0.2) is 11.5 Å². The third kappa shape index (κ3) is 5.97. The second-order valence-corrected chi connectivity index (χ2v) is 7.89. The molecule has 0 saturated carbocycles. The van der Waals surface area contributed by atoms with Crippen molar-refractivity contribution in [3.8, 4) is 11.5 Å². The number of hydrogen-bond acceptors (Lipinski definition) is 4. The molecular weight excluding hydrogens is 364 g/mol. The van der Waals surface area contributed by atoms with Gasteiger partial charge < -0.3 is 14.8 Å². The lowest BCUT2D eigenvalue weighted by Crippen LogP contribution is -2.34. The molecule has 1 fully saturated rings. The number of rotatable bonds is 8. The maximum atomic E-state index is 12.5. The Morgan fingerprint density at radius 2 is 1.86 bits per heavy atom. The molecule has 156 valence electrons. The molecule has 5 heteroatoms. The zero-order valence-electron chi connectivity index (χ0n) is 17.7. The highest BCUT2D eigenvalue weighted by Crippen LogP contribution is 2.27. The molecule has 1 aliphatic heterocycles. The van der Waals surface area contributed by atoms with Gasteiger partial charge in [0.2, 0.25) is 5.91 Å². The second kappa shape index (κ2) is 10.3. The summed E-state index contributed by atoms with van der Waals surface area (Å²) in [6.45, 7) is 6.13. The lowest BCUT2D eigenvalue weighted by atomic mass is 9.99. The average Bonchev–Trinajstić information content (AvgIpc) is 2.73. The second-order valence-electron chi connectivity index (χ2n) is 7.89. The summed E-state index contributed by atoms with van der Waals surface area (Å²) in [5.41, 5.74) is 3.38. The molecule has 2 aromatic rings. The van der Waals surface area contributed by atoms with Gasteiger partial charge in [-0.1, -0.05) is 37.3 Å². The van der Waals surface area contributed by atoms with Crippen LogP contribution in [0.3, 0.4) is 0 Å². The van der Waals surface area contributed by atoms with Crippen LogP contribution >= 0.6 is 0 Å². The Morgan fingerprint density at radius 3 is 2.59 bits per heavy atom. The van der Waals surface area contributed by atoms with Gasteiger partial charge in [0.05, 0.1) is 20.6 Å². The summed E-state index contributed by atoms with van der Waals surface area (Å²) in [4.78, 5) is 15.0. The molecule has 1 aliphatic rings. The molecule has 29 heavy (non-hydrogen) atoms. The first-order chi connectivity index (χ1) is 14.1. The van der Waals surface area contributed by atoms with Crippen molar-refractivity contribution in [3.05, 3.63) is 59.2 Å². The normalized spacial score (nSPS) is 17.0. The van der Waals surface area contributed by atoms with E-state index in [-0.39, 0.29) is 5.91 Å². The number of amides is 1. The van der Waals surface area contributed by atoms with E-state index in [0.29, 0.717) is 24.5 Å². The smallest absolute Gasteiger partial charge is 0.224 e. The van der Waals surface area contributed by atoms with Gasteiger partial charge >= 0.3 is 0 Å². The van der Waals surface area contributed by atoms with E-state index in [1.807, 2.05) is 24.3 Å². The van der Waals surface area contributed by atoms with Crippen molar-refractivity contribution >= 4 is 5.91 Å². The first-order valence-electron chi connectivity index (χ1n) is 10.4. The lowest BCUT2D eigenvalue weighted by Gasteiger charge is -2.31. The number of nitrogens with zero attached hydrogens (tertiary/aromatic N) is 1. The predicted molar refractivity (Wildman–Crippen MR) is 115 cm³/mol. The van der Waals surface area contributed by atoms with Gasteiger partial charge in [-0.05, 0) is 54.1 Å². The van der Waals surface area contributed by atoms with E-state index in [0.717, 1.165) is 31.1 Å². The van der Waals surface area contributed by atoms with Crippen molar-refractivity contribution in [3.63, 3.8) is 0 Å². The van der Waals surface area contributed by atoms with E-state index < -0.39 is 0 Å². The van der Waals surface area contributed by atoms with Crippen molar-refractivity contribution in [2.75, 3.05) is 27.3 Å². The summed E-state index contributed by atoms with van der Waals surface area (Å²) in [5, 5.41) is 3.07. The van der Waals surface area contributed by atoms with E-state index in [2.05, 4.69) is 35.3 Å². The molecule has 1 saturated heterocycles. The van der Waals surface area contributed by atoms with E-state index in [1.54, 1.807) is 14.2 Å². The first-order valence-corrected chi connectivity index (χ1v) is 10.4. The third-order valence-electron chi connectivity index (χ3n) is 5.54. The molecule has 3 rings (SSSR count). The number of benzene rings is 2. The van der Waals surface area contributed by atoms with Gasteiger partial charge in [-0.15, -0.1) is 0 Å². The summed E-state index contributed by atoms with van der Waals surface area (Å²) in [6, 6.07) is 14.0. The van der Waals surface area contributed by atoms with Crippen LogP contribution in [0.4, 0.5) is 0 Å². The van der Waals surface area contributed by atoms with Crippen LogP contribution in [0.15, 0.2) is 42.5 Å². The lowest BCUT2D eigenvalue weighted by molar-refractivity contribution is -0.120. The third-order valence-corrected chi connectivity index (χ3v) is 5.54. The average molecular weight is 397 g/mol. The number of piperidine rings is 1. The number of methoxy groups -OCH3 is 2. The molecule has 0 bridgehead atoms. The molecule has 0 spiro atoms. The van der Waals surface area contributed by atoms with E-state index in [4.69, 9.17) is 9.47 Å². The van der Waals surface area contributed by atoms with Gasteiger partial charge in [-0.25, -0.2) is 0 Å². The zero-order chi connectivity index (χ0) is 20.6. The Labute approximate surface area is 174 Å². The van der Waals surface area contributed by atoms with Crippen molar-refractivity contribution < 1.29 is 14.3 Å². The highest BCUT2D eigenvalue weighted by atomic mass is 16.5. The molecule has 1 amide bonds. The fourth-order valence-corrected chi connectivity index (χ4v) is 3.99. The van der Waals surface area contributed by atoms with Gasteiger partial charge in [0.1, 0.15) is 0 Å². The Balaban J connectivity index is 1.58. The van der Waals surface area contributed by atoms with Crippen LogP contribution in [0.25, 0.3) is 0 Å². The largest absolute Gasteiger partial charge is 0.493 e. The standard InChI is InChI=1S/C24H32N2O3/c1-18-7-6-12-26(16-18)17-21-9-5-4-8-20(21)15-25-24(27)14-19-10-11-22(28-2)23(13-19)29-3/h4-5,8-11,13,18H,6-7,12,14-17H2,1-3H3,(H,25,27)/t18-/m0/s1.